The van der Waals surface area contributed by atoms with Gasteiger partial charge in [-0.2, -0.15) is 0 Å². The van der Waals surface area contributed by atoms with Crippen LogP contribution in [0, 0.1) is 0 Å². The van der Waals surface area contributed by atoms with Crippen molar-refractivity contribution in [1.82, 2.24) is 0 Å². The van der Waals surface area contributed by atoms with Gasteiger partial charge < -0.3 is 10.5 Å². The topological polar surface area (TPSA) is 35.2 Å². The smallest absolute Gasteiger partial charge is 0.0828 e. The molecule has 1 aliphatic rings. The lowest BCUT2D eigenvalue weighted by atomic mass is 10.0. The Morgan fingerprint density at radius 3 is 2.92 bits per heavy atom. The van der Waals surface area contributed by atoms with Crippen molar-refractivity contribution in [2.45, 2.75) is 25.5 Å². The van der Waals surface area contributed by atoms with Crippen LogP contribution in [0.15, 0.2) is 24.3 Å². The maximum absolute atomic E-state index is 5.66. The Kier molecular flexibility index (Phi) is 2.62. The molecule has 0 saturated carbocycles. The van der Waals surface area contributed by atoms with Crippen molar-refractivity contribution in [3.8, 4) is 0 Å². The number of nitrogens with two attached hydrogens (primary N) is 1. The molecule has 0 bridgehead atoms. The molecule has 13 heavy (non-hydrogen) atoms. The van der Waals surface area contributed by atoms with Crippen LogP contribution in [-0.2, 0) is 11.3 Å². The largest absolute Gasteiger partial charge is 0.374 e. The molecule has 1 aliphatic heterocycles. The lowest BCUT2D eigenvalue weighted by Crippen LogP contribution is -2.05. The molecule has 0 unspecified atom stereocenters. The minimum atomic E-state index is 0.291. The first-order valence-corrected chi connectivity index (χ1v) is 4.81. The molecule has 1 heterocycles. The Morgan fingerprint density at radius 1 is 1.38 bits per heavy atom. The summed E-state index contributed by atoms with van der Waals surface area (Å²) < 4.78 is 5.63. The van der Waals surface area contributed by atoms with Crippen LogP contribution < -0.4 is 5.73 Å². The monoisotopic (exact) mass is 177 g/mol. The first-order chi connectivity index (χ1) is 6.42. The Bertz CT molecular complexity index is 279. The van der Waals surface area contributed by atoms with Crippen LogP contribution in [0.4, 0.5) is 0 Å². The second kappa shape index (κ2) is 3.90. The van der Waals surface area contributed by atoms with Crippen LogP contribution in [0.5, 0.6) is 0 Å². The zero-order valence-corrected chi connectivity index (χ0v) is 7.70. The van der Waals surface area contributed by atoms with Crippen molar-refractivity contribution in [2.24, 2.45) is 5.73 Å². The second-order valence-electron chi connectivity index (χ2n) is 3.40. The van der Waals surface area contributed by atoms with Gasteiger partial charge in [0.2, 0.25) is 0 Å². The molecule has 0 aliphatic carbocycles. The quantitative estimate of drug-likeness (QED) is 0.749. The van der Waals surface area contributed by atoms with E-state index in [0.717, 1.165) is 13.0 Å². The Balaban J connectivity index is 2.26. The zero-order chi connectivity index (χ0) is 9.10. The molecule has 2 nitrogen and oxygen atoms in total. The van der Waals surface area contributed by atoms with Crippen molar-refractivity contribution in [3.05, 3.63) is 35.4 Å². The molecule has 0 spiro atoms. The van der Waals surface area contributed by atoms with Crippen LogP contribution in [0.3, 0.4) is 0 Å². The van der Waals surface area contributed by atoms with Crippen LogP contribution in [0.25, 0.3) is 0 Å². The molecule has 0 aromatic heterocycles. The minimum absolute atomic E-state index is 0.291. The minimum Gasteiger partial charge on any atom is -0.374 e. The molecule has 0 amide bonds. The molecule has 1 atom stereocenters. The van der Waals surface area contributed by atoms with Crippen molar-refractivity contribution in [1.29, 1.82) is 0 Å². The summed E-state index contributed by atoms with van der Waals surface area (Å²) in [6.07, 6.45) is 2.60. The summed E-state index contributed by atoms with van der Waals surface area (Å²) in [5.74, 6) is 0. The molecule has 1 aromatic carbocycles. The van der Waals surface area contributed by atoms with E-state index in [1.807, 2.05) is 6.07 Å². The van der Waals surface area contributed by atoms with Gasteiger partial charge in [0.15, 0.2) is 0 Å². The summed E-state index contributed by atoms with van der Waals surface area (Å²) in [4.78, 5) is 0. The third-order valence-corrected chi connectivity index (χ3v) is 2.55. The highest BCUT2D eigenvalue weighted by atomic mass is 16.5. The van der Waals surface area contributed by atoms with Gasteiger partial charge >= 0.3 is 0 Å². The molecule has 1 aromatic rings. The van der Waals surface area contributed by atoms with Gasteiger partial charge in [0.05, 0.1) is 6.10 Å². The van der Waals surface area contributed by atoms with Crippen molar-refractivity contribution in [2.75, 3.05) is 6.61 Å². The number of hydrogen-bond donors (Lipinski definition) is 1. The molecule has 70 valence electrons. The van der Waals surface area contributed by atoms with E-state index in [9.17, 15) is 0 Å². The highest BCUT2D eigenvalue weighted by Crippen LogP contribution is 2.30. The highest BCUT2D eigenvalue weighted by Gasteiger charge is 2.19. The molecule has 2 rings (SSSR count). The van der Waals surface area contributed by atoms with E-state index in [-0.39, 0.29) is 0 Å². The van der Waals surface area contributed by atoms with E-state index in [4.69, 9.17) is 10.5 Å². The van der Waals surface area contributed by atoms with Gasteiger partial charge in [-0.25, -0.2) is 0 Å². The maximum Gasteiger partial charge on any atom is 0.0828 e. The first kappa shape index (κ1) is 8.73. The van der Waals surface area contributed by atoms with E-state index in [1.54, 1.807) is 0 Å². The predicted molar refractivity (Wildman–Crippen MR) is 52.3 cm³/mol. The molecule has 1 fully saturated rings. The highest BCUT2D eigenvalue weighted by molar-refractivity contribution is 5.29. The molecule has 0 radical (unpaired) electrons. The molecular weight excluding hydrogens is 162 g/mol. The molecular formula is C11H15NO. The van der Waals surface area contributed by atoms with Crippen molar-refractivity contribution < 1.29 is 4.74 Å². The summed E-state index contributed by atoms with van der Waals surface area (Å²) in [5, 5.41) is 0. The third kappa shape index (κ3) is 1.74. The lowest BCUT2D eigenvalue weighted by Gasteiger charge is -2.13. The maximum atomic E-state index is 5.66. The lowest BCUT2D eigenvalue weighted by molar-refractivity contribution is 0.111. The zero-order valence-electron chi connectivity index (χ0n) is 7.70. The van der Waals surface area contributed by atoms with Crippen molar-refractivity contribution in [3.63, 3.8) is 0 Å². The van der Waals surface area contributed by atoms with Gasteiger partial charge in [-0.05, 0) is 24.0 Å². The second-order valence-corrected chi connectivity index (χ2v) is 3.40. The average Bonchev–Trinajstić information content (AvgIpc) is 2.70. The van der Waals surface area contributed by atoms with E-state index >= 15 is 0 Å². The van der Waals surface area contributed by atoms with Gasteiger partial charge in [-0.3, -0.25) is 0 Å². The molecule has 2 N–H and O–H groups in total. The predicted octanol–water partition coefficient (Wildman–Crippen LogP) is 2.00. The summed E-state index contributed by atoms with van der Waals surface area (Å²) >= 11 is 0. The SMILES string of the molecule is NCc1ccccc1[C@@H]1CCCO1. The Labute approximate surface area is 78.7 Å². The van der Waals surface area contributed by atoms with Gasteiger partial charge in [0.1, 0.15) is 0 Å². The van der Waals surface area contributed by atoms with E-state index in [1.165, 1.54) is 17.5 Å². The average molecular weight is 177 g/mol. The molecule has 2 heteroatoms. The van der Waals surface area contributed by atoms with Gasteiger partial charge in [0.25, 0.3) is 0 Å². The third-order valence-electron chi connectivity index (χ3n) is 2.55. The summed E-state index contributed by atoms with van der Waals surface area (Å²) in [6, 6.07) is 8.28. The normalized spacial score (nSPS) is 22.1. The van der Waals surface area contributed by atoms with Crippen LogP contribution in [0.1, 0.15) is 30.1 Å². The standard InChI is InChI=1S/C11H15NO/c12-8-9-4-1-2-5-10(9)11-6-3-7-13-11/h1-2,4-5,11H,3,6-8,12H2/t11-/m0/s1. The Morgan fingerprint density at radius 2 is 2.23 bits per heavy atom. The van der Waals surface area contributed by atoms with Crippen molar-refractivity contribution >= 4 is 0 Å². The van der Waals surface area contributed by atoms with Gasteiger partial charge in [0, 0.05) is 13.2 Å². The number of ether oxygens (including phenoxy) is 1. The van der Waals surface area contributed by atoms with E-state index < -0.39 is 0 Å². The number of hydrogen-bond acceptors (Lipinski definition) is 2. The van der Waals surface area contributed by atoms with E-state index in [2.05, 4.69) is 18.2 Å². The fraction of sp³-hybridized carbons (Fsp3) is 0.455. The van der Waals surface area contributed by atoms with Crippen LogP contribution in [-0.4, -0.2) is 6.61 Å². The fourth-order valence-electron chi connectivity index (χ4n) is 1.86. The van der Waals surface area contributed by atoms with Gasteiger partial charge in [-0.15, -0.1) is 0 Å². The number of benzene rings is 1. The summed E-state index contributed by atoms with van der Waals surface area (Å²) in [5.41, 5.74) is 8.16. The summed E-state index contributed by atoms with van der Waals surface area (Å²) in [7, 11) is 0. The Hall–Kier alpha value is -0.860. The molecule has 1 saturated heterocycles. The van der Waals surface area contributed by atoms with Crippen LogP contribution in [0.2, 0.25) is 0 Å². The van der Waals surface area contributed by atoms with E-state index in [0.29, 0.717) is 12.6 Å². The number of rotatable bonds is 2. The van der Waals surface area contributed by atoms with Crippen LogP contribution >= 0.6 is 0 Å². The fourth-order valence-corrected chi connectivity index (χ4v) is 1.86. The van der Waals surface area contributed by atoms with Gasteiger partial charge in [-0.1, -0.05) is 24.3 Å². The summed E-state index contributed by atoms with van der Waals surface area (Å²) in [6.45, 7) is 1.50. The first-order valence-electron chi connectivity index (χ1n) is 4.81.